The average Bonchev–Trinajstić information content (AvgIpc) is 2.96. The summed E-state index contributed by atoms with van der Waals surface area (Å²) in [6.07, 6.45) is 19.5. The Morgan fingerprint density at radius 1 is 0.364 bits per heavy atom. The van der Waals surface area contributed by atoms with Gasteiger partial charge < -0.3 is 0 Å². The topological polar surface area (TPSA) is 0 Å². The summed E-state index contributed by atoms with van der Waals surface area (Å²) < 4.78 is 0. The fourth-order valence-corrected chi connectivity index (χ4v) is 9.63. The van der Waals surface area contributed by atoms with Gasteiger partial charge in [0.1, 0.15) is 0 Å². The van der Waals surface area contributed by atoms with E-state index in [0.29, 0.717) is 0 Å². The molecule has 0 amide bonds. The highest BCUT2D eigenvalue weighted by molar-refractivity contribution is 5.10. The molecule has 6 aliphatic carbocycles. The molecular weight excluding hydrogens is 264 g/mol. The van der Waals surface area contributed by atoms with Gasteiger partial charge >= 0.3 is 0 Å². The van der Waals surface area contributed by atoms with Crippen LogP contribution in [0, 0.1) is 59.2 Å². The lowest BCUT2D eigenvalue weighted by Crippen LogP contribution is -2.51. The summed E-state index contributed by atoms with van der Waals surface area (Å²) in [5.74, 6) is 11.9. The van der Waals surface area contributed by atoms with Crippen molar-refractivity contribution >= 4 is 0 Å². The molecule has 0 aromatic rings. The third-order valence-electron chi connectivity index (χ3n) is 9.92. The van der Waals surface area contributed by atoms with Crippen LogP contribution in [0.2, 0.25) is 0 Å². The van der Waals surface area contributed by atoms with Gasteiger partial charge in [-0.05, 0) is 97.7 Å². The monoisotopic (exact) mass is 298 g/mol. The van der Waals surface area contributed by atoms with Gasteiger partial charge in [-0.25, -0.2) is 0 Å². The van der Waals surface area contributed by atoms with E-state index in [9.17, 15) is 0 Å². The third-order valence-corrected chi connectivity index (χ3v) is 9.92. The predicted molar refractivity (Wildman–Crippen MR) is 90.3 cm³/mol. The quantitative estimate of drug-likeness (QED) is 0.521. The Labute approximate surface area is 136 Å². The van der Waals surface area contributed by atoms with E-state index in [-0.39, 0.29) is 0 Å². The number of hydrogen-bond donors (Lipinski definition) is 0. The van der Waals surface area contributed by atoms with Crippen molar-refractivity contribution in [3.8, 4) is 0 Å². The van der Waals surface area contributed by atoms with Crippen LogP contribution >= 0.6 is 0 Å². The molecule has 0 aliphatic heterocycles. The highest BCUT2D eigenvalue weighted by Gasteiger charge is 2.62. The molecule has 6 aliphatic rings. The van der Waals surface area contributed by atoms with E-state index in [4.69, 9.17) is 0 Å². The van der Waals surface area contributed by atoms with Crippen LogP contribution in [0.4, 0.5) is 0 Å². The van der Waals surface area contributed by atoms with Crippen molar-refractivity contribution in [3.05, 3.63) is 0 Å². The molecule has 0 saturated heterocycles. The molecule has 10 atom stereocenters. The average molecular weight is 299 g/mol. The van der Waals surface area contributed by atoms with Gasteiger partial charge in [0.05, 0.1) is 0 Å². The molecule has 0 aromatic carbocycles. The number of fused-ring (bicyclic) bond motifs is 2. The van der Waals surface area contributed by atoms with Crippen molar-refractivity contribution in [2.45, 2.75) is 77.0 Å². The molecule has 0 radical (unpaired) electrons. The van der Waals surface area contributed by atoms with Gasteiger partial charge in [0, 0.05) is 0 Å². The molecule has 6 rings (SSSR count). The maximum atomic E-state index is 1.68. The molecule has 22 heavy (non-hydrogen) atoms. The van der Waals surface area contributed by atoms with E-state index in [1.807, 2.05) is 0 Å². The molecular formula is C22H34. The summed E-state index contributed by atoms with van der Waals surface area (Å²) in [7, 11) is 0. The van der Waals surface area contributed by atoms with Crippen LogP contribution in [-0.4, -0.2) is 0 Å². The SMILES string of the molecule is C1CCC2C(C1)CC1CC3CCCC4CCC5CC2C1C5C43. The van der Waals surface area contributed by atoms with Crippen LogP contribution in [0.15, 0.2) is 0 Å². The van der Waals surface area contributed by atoms with Gasteiger partial charge in [-0.1, -0.05) is 38.5 Å². The fraction of sp³-hybridized carbons (Fsp3) is 1.00. The minimum absolute atomic E-state index is 1.16. The lowest BCUT2D eigenvalue weighted by atomic mass is 9.47. The van der Waals surface area contributed by atoms with Gasteiger partial charge in [0.25, 0.3) is 0 Å². The standard InChI is InChI=1S/C22H34/c1-2-7-18-14(4-1)10-17-11-15-6-3-5-13-8-9-16-12-19(18)21(17)22(16)20(13)15/h13-22H,1-12H2. The first-order valence-corrected chi connectivity index (χ1v) is 10.9. The van der Waals surface area contributed by atoms with Crippen molar-refractivity contribution in [3.63, 3.8) is 0 Å². The summed E-state index contributed by atoms with van der Waals surface area (Å²) in [5.41, 5.74) is 0. The van der Waals surface area contributed by atoms with Gasteiger partial charge in [0.15, 0.2) is 0 Å². The van der Waals surface area contributed by atoms with Crippen LogP contribution in [0.1, 0.15) is 77.0 Å². The molecule has 6 fully saturated rings. The molecule has 0 N–H and O–H groups in total. The normalized spacial score (nSPS) is 62.2. The highest BCUT2D eigenvalue weighted by atomic mass is 14.7. The molecule has 122 valence electrons. The first-order chi connectivity index (χ1) is 10.9. The smallest absolute Gasteiger partial charge is 0.0318 e. The molecule has 0 spiro atoms. The summed E-state index contributed by atoms with van der Waals surface area (Å²) in [5, 5.41) is 0. The highest BCUT2D eigenvalue weighted by Crippen LogP contribution is 2.69. The van der Waals surface area contributed by atoms with E-state index < -0.39 is 0 Å². The van der Waals surface area contributed by atoms with E-state index in [1.54, 1.807) is 77.0 Å². The van der Waals surface area contributed by atoms with Crippen molar-refractivity contribution in [1.29, 1.82) is 0 Å². The minimum atomic E-state index is 1.16. The predicted octanol–water partition coefficient (Wildman–Crippen LogP) is 5.91. The Morgan fingerprint density at radius 3 is 2.09 bits per heavy atom. The van der Waals surface area contributed by atoms with Crippen molar-refractivity contribution in [1.82, 2.24) is 0 Å². The first-order valence-electron chi connectivity index (χ1n) is 10.9. The zero-order chi connectivity index (χ0) is 14.3. The Morgan fingerprint density at radius 2 is 1.09 bits per heavy atom. The Bertz CT molecular complexity index is 453. The lowest BCUT2D eigenvalue weighted by molar-refractivity contribution is -0.0962. The lowest BCUT2D eigenvalue weighted by Gasteiger charge is -2.58. The second kappa shape index (κ2) is 4.76. The summed E-state index contributed by atoms with van der Waals surface area (Å²) >= 11 is 0. The van der Waals surface area contributed by atoms with Crippen LogP contribution < -0.4 is 0 Å². The zero-order valence-electron chi connectivity index (χ0n) is 14.3. The van der Waals surface area contributed by atoms with Crippen LogP contribution in [0.3, 0.4) is 0 Å². The van der Waals surface area contributed by atoms with Crippen molar-refractivity contribution in [2.24, 2.45) is 59.2 Å². The molecule has 0 aromatic heterocycles. The Kier molecular flexibility index (Phi) is 2.88. The second-order valence-electron chi connectivity index (χ2n) is 10.4. The summed E-state index contributed by atoms with van der Waals surface area (Å²) in [6.45, 7) is 0. The Balaban J connectivity index is 1.40. The number of rotatable bonds is 0. The van der Waals surface area contributed by atoms with E-state index in [0.717, 1.165) is 5.92 Å². The van der Waals surface area contributed by atoms with Crippen LogP contribution in [0.25, 0.3) is 0 Å². The van der Waals surface area contributed by atoms with Gasteiger partial charge in [-0.3, -0.25) is 0 Å². The second-order valence-corrected chi connectivity index (χ2v) is 10.4. The number of hydrogen-bond acceptors (Lipinski definition) is 0. The first kappa shape index (κ1) is 13.3. The van der Waals surface area contributed by atoms with Crippen molar-refractivity contribution < 1.29 is 0 Å². The van der Waals surface area contributed by atoms with Gasteiger partial charge in [0.2, 0.25) is 0 Å². The maximum absolute atomic E-state index is 1.68. The van der Waals surface area contributed by atoms with Gasteiger partial charge in [-0.2, -0.15) is 0 Å². The largest absolute Gasteiger partial charge is 0.0530 e. The maximum Gasteiger partial charge on any atom is -0.0318 e. The van der Waals surface area contributed by atoms with E-state index >= 15 is 0 Å². The third kappa shape index (κ3) is 1.66. The summed E-state index contributed by atoms with van der Waals surface area (Å²) in [6, 6.07) is 0. The molecule has 0 heterocycles. The van der Waals surface area contributed by atoms with E-state index in [1.165, 1.54) is 53.3 Å². The summed E-state index contributed by atoms with van der Waals surface area (Å²) in [4.78, 5) is 0. The Hall–Kier alpha value is 0. The molecule has 0 bridgehead atoms. The van der Waals surface area contributed by atoms with Crippen LogP contribution in [-0.2, 0) is 0 Å². The fourth-order valence-electron chi connectivity index (χ4n) is 9.63. The van der Waals surface area contributed by atoms with Crippen LogP contribution in [0.5, 0.6) is 0 Å². The molecule has 6 saturated carbocycles. The van der Waals surface area contributed by atoms with Crippen molar-refractivity contribution in [2.75, 3.05) is 0 Å². The molecule has 10 unspecified atom stereocenters. The molecule has 0 heteroatoms. The minimum Gasteiger partial charge on any atom is -0.0530 e. The van der Waals surface area contributed by atoms with E-state index in [2.05, 4.69) is 0 Å². The zero-order valence-corrected chi connectivity index (χ0v) is 14.3. The van der Waals surface area contributed by atoms with Gasteiger partial charge in [-0.15, -0.1) is 0 Å². The molecule has 0 nitrogen and oxygen atoms in total.